The summed E-state index contributed by atoms with van der Waals surface area (Å²) in [5.74, 6) is -1.75. The molecule has 148 valence electrons. The standard InChI is InChI=1S/C15H10F6N6O/c1-7(10-3-2-9(6-22-10)14(16,17)18)25-13-23-4-8(5-24-13)11-26-12(28-27-11)15(19,20)21/h2-7H,1H3,(H,23,24,25). The molecule has 3 aromatic heterocycles. The number of pyridine rings is 1. The van der Waals surface area contributed by atoms with Gasteiger partial charge < -0.3 is 9.84 Å². The Kier molecular flexibility index (Phi) is 4.91. The normalized spacial score (nSPS) is 13.4. The fraction of sp³-hybridized carbons (Fsp3) is 0.267. The van der Waals surface area contributed by atoms with Gasteiger partial charge in [-0.25, -0.2) is 9.97 Å². The van der Waals surface area contributed by atoms with Crippen LogP contribution in [-0.2, 0) is 12.4 Å². The van der Waals surface area contributed by atoms with E-state index in [1.54, 1.807) is 6.92 Å². The van der Waals surface area contributed by atoms with Crippen molar-refractivity contribution in [2.45, 2.75) is 25.3 Å². The highest BCUT2D eigenvalue weighted by Gasteiger charge is 2.38. The lowest BCUT2D eigenvalue weighted by molar-refractivity contribution is -0.159. The lowest BCUT2D eigenvalue weighted by Gasteiger charge is -2.14. The average molecular weight is 404 g/mol. The molecule has 0 spiro atoms. The minimum Gasteiger partial charge on any atom is -0.346 e. The average Bonchev–Trinajstić information content (AvgIpc) is 3.12. The second-order valence-electron chi connectivity index (χ2n) is 5.55. The van der Waals surface area contributed by atoms with Crippen molar-refractivity contribution in [1.29, 1.82) is 0 Å². The summed E-state index contributed by atoms with van der Waals surface area (Å²) in [7, 11) is 0. The van der Waals surface area contributed by atoms with Crippen molar-refractivity contribution in [2.75, 3.05) is 5.32 Å². The van der Waals surface area contributed by atoms with Crippen molar-refractivity contribution in [3.05, 3.63) is 47.9 Å². The van der Waals surface area contributed by atoms with Crippen molar-refractivity contribution in [2.24, 2.45) is 0 Å². The number of anilines is 1. The van der Waals surface area contributed by atoms with Gasteiger partial charge in [0.05, 0.1) is 22.9 Å². The van der Waals surface area contributed by atoms with Gasteiger partial charge >= 0.3 is 18.2 Å². The summed E-state index contributed by atoms with van der Waals surface area (Å²) in [6.07, 6.45) is -6.19. The zero-order chi connectivity index (χ0) is 20.5. The number of rotatable bonds is 4. The van der Waals surface area contributed by atoms with E-state index in [4.69, 9.17) is 0 Å². The fourth-order valence-electron chi connectivity index (χ4n) is 2.07. The largest absolute Gasteiger partial charge is 0.471 e. The summed E-state index contributed by atoms with van der Waals surface area (Å²) in [5.41, 5.74) is -0.471. The Hall–Kier alpha value is -3.25. The molecule has 7 nitrogen and oxygen atoms in total. The van der Waals surface area contributed by atoms with Crippen LogP contribution in [0.5, 0.6) is 0 Å². The van der Waals surface area contributed by atoms with Gasteiger partial charge in [-0.15, -0.1) is 0 Å². The monoisotopic (exact) mass is 404 g/mol. The van der Waals surface area contributed by atoms with E-state index in [1.165, 1.54) is 18.5 Å². The van der Waals surface area contributed by atoms with Crippen molar-refractivity contribution < 1.29 is 30.9 Å². The van der Waals surface area contributed by atoms with Crippen LogP contribution in [-0.4, -0.2) is 25.1 Å². The summed E-state index contributed by atoms with van der Waals surface area (Å²) < 4.78 is 79.2. The molecule has 1 unspecified atom stereocenters. The SMILES string of the molecule is CC(Nc1ncc(-c2noc(C(F)(F)F)n2)cn1)c1ccc(C(F)(F)F)cn1. The predicted molar refractivity (Wildman–Crippen MR) is 81.6 cm³/mol. The minimum atomic E-state index is -4.77. The Morgan fingerprint density at radius 3 is 2.11 bits per heavy atom. The molecule has 0 saturated carbocycles. The van der Waals surface area contributed by atoms with Crippen LogP contribution in [0.3, 0.4) is 0 Å². The smallest absolute Gasteiger partial charge is 0.346 e. The molecule has 0 aliphatic carbocycles. The molecule has 0 radical (unpaired) electrons. The third kappa shape index (κ3) is 4.35. The van der Waals surface area contributed by atoms with Gasteiger partial charge in [0, 0.05) is 18.6 Å². The van der Waals surface area contributed by atoms with Crippen LogP contribution in [0.25, 0.3) is 11.4 Å². The third-order valence-electron chi connectivity index (χ3n) is 3.48. The van der Waals surface area contributed by atoms with Gasteiger partial charge in [-0.05, 0) is 19.1 Å². The van der Waals surface area contributed by atoms with Crippen molar-refractivity contribution in [3.8, 4) is 11.4 Å². The Labute approximate surface area is 152 Å². The van der Waals surface area contributed by atoms with E-state index in [0.717, 1.165) is 6.07 Å². The molecule has 0 aliphatic heterocycles. The highest BCUT2D eigenvalue weighted by Crippen LogP contribution is 2.30. The molecule has 0 aromatic carbocycles. The third-order valence-corrected chi connectivity index (χ3v) is 3.48. The van der Waals surface area contributed by atoms with Crippen LogP contribution in [0.2, 0.25) is 0 Å². The zero-order valence-corrected chi connectivity index (χ0v) is 13.9. The van der Waals surface area contributed by atoms with Gasteiger partial charge in [0.2, 0.25) is 11.8 Å². The van der Waals surface area contributed by atoms with E-state index in [2.05, 4.69) is 34.9 Å². The van der Waals surface area contributed by atoms with Gasteiger partial charge in [0.1, 0.15) is 0 Å². The molecular weight excluding hydrogens is 394 g/mol. The maximum atomic E-state index is 12.6. The highest BCUT2D eigenvalue weighted by molar-refractivity contribution is 5.52. The maximum absolute atomic E-state index is 12.6. The number of hydrogen-bond donors (Lipinski definition) is 1. The summed E-state index contributed by atoms with van der Waals surface area (Å²) in [5, 5.41) is 6.02. The molecule has 1 N–H and O–H groups in total. The van der Waals surface area contributed by atoms with Gasteiger partial charge in [-0.1, -0.05) is 5.16 Å². The van der Waals surface area contributed by atoms with Crippen LogP contribution in [0, 0.1) is 0 Å². The van der Waals surface area contributed by atoms with Crippen molar-refractivity contribution in [1.82, 2.24) is 25.1 Å². The molecule has 0 aliphatic rings. The van der Waals surface area contributed by atoms with Crippen molar-refractivity contribution in [3.63, 3.8) is 0 Å². The summed E-state index contributed by atoms with van der Waals surface area (Å²) in [6.45, 7) is 1.63. The van der Waals surface area contributed by atoms with E-state index in [-0.39, 0.29) is 17.3 Å². The summed E-state index contributed by atoms with van der Waals surface area (Å²) in [4.78, 5) is 14.8. The van der Waals surface area contributed by atoms with Crippen LogP contribution >= 0.6 is 0 Å². The highest BCUT2D eigenvalue weighted by atomic mass is 19.4. The van der Waals surface area contributed by atoms with Crippen LogP contribution in [0.1, 0.15) is 30.1 Å². The predicted octanol–water partition coefficient (Wildman–Crippen LogP) is 4.13. The lowest BCUT2D eigenvalue weighted by atomic mass is 10.2. The molecule has 3 heterocycles. The Morgan fingerprint density at radius 2 is 1.61 bits per heavy atom. The summed E-state index contributed by atoms with van der Waals surface area (Å²) >= 11 is 0. The first-order valence-electron chi connectivity index (χ1n) is 7.57. The van der Waals surface area contributed by atoms with Gasteiger partial charge in [-0.2, -0.15) is 31.3 Å². The molecule has 0 amide bonds. The second kappa shape index (κ2) is 7.05. The number of nitrogens with zero attached hydrogens (tertiary/aromatic N) is 5. The molecule has 28 heavy (non-hydrogen) atoms. The summed E-state index contributed by atoms with van der Waals surface area (Å²) in [6, 6.07) is 1.58. The first-order valence-corrected chi connectivity index (χ1v) is 7.57. The number of halogens is 6. The van der Waals surface area contributed by atoms with E-state index in [9.17, 15) is 26.3 Å². The fourth-order valence-corrected chi connectivity index (χ4v) is 2.07. The molecule has 0 bridgehead atoms. The topological polar surface area (TPSA) is 89.6 Å². The Balaban J connectivity index is 1.69. The van der Waals surface area contributed by atoms with Crippen molar-refractivity contribution >= 4 is 5.95 Å². The Bertz CT molecular complexity index is 935. The first-order chi connectivity index (χ1) is 13.0. The number of aromatic nitrogens is 5. The number of nitrogens with one attached hydrogen (secondary N) is 1. The molecule has 1 atom stereocenters. The van der Waals surface area contributed by atoms with Crippen LogP contribution in [0.4, 0.5) is 32.3 Å². The van der Waals surface area contributed by atoms with Crippen LogP contribution in [0.15, 0.2) is 35.2 Å². The molecule has 13 heteroatoms. The number of alkyl halides is 6. The zero-order valence-electron chi connectivity index (χ0n) is 13.9. The molecular formula is C15H10F6N6O. The minimum absolute atomic E-state index is 0.0810. The molecule has 3 rings (SSSR count). The number of hydrogen-bond acceptors (Lipinski definition) is 7. The van der Waals surface area contributed by atoms with Gasteiger partial charge in [0.15, 0.2) is 0 Å². The lowest BCUT2D eigenvalue weighted by Crippen LogP contribution is -2.12. The second-order valence-corrected chi connectivity index (χ2v) is 5.55. The Morgan fingerprint density at radius 1 is 0.929 bits per heavy atom. The van der Waals surface area contributed by atoms with E-state index < -0.39 is 29.8 Å². The van der Waals surface area contributed by atoms with Gasteiger partial charge in [0.25, 0.3) is 0 Å². The molecule has 0 fully saturated rings. The van der Waals surface area contributed by atoms with E-state index in [1.807, 2.05) is 0 Å². The first kappa shape index (κ1) is 19.5. The van der Waals surface area contributed by atoms with E-state index >= 15 is 0 Å². The molecule has 0 saturated heterocycles. The van der Waals surface area contributed by atoms with E-state index in [0.29, 0.717) is 11.9 Å². The molecule has 3 aromatic rings. The maximum Gasteiger partial charge on any atom is 0.471 e. The van der Waals surface area contributed by atoms with Gasteiger partial charge in [-0.3, -0.25) is 4.98 Å². The quantitative estimate of drug-likeness (QED) is 0.654. The van der Waals surface area contributed by atoms with Crippen LogP contribution < -0.4 is 5.32 Å².